The van der Waals surface area contributed by atoms with Gasteiger partial charge in [0.1, 0.15) is 5.75 Å². The Hall–Kier alpha value is -2.43. The summed E-state index contributed by atoms with van der Waals surface area (Å²) < 4.78 is 7.39. The number of nitrogens with zero attached hydrogens (tertiary/aromatic N) is 2. The molecule has 1 aromatic carbocycles. The monoisotopic (exact) mass is 300 g/mol. The minimum atomic E-state index is 0.655. The van der Waals surface area contributed by atoms with E-state index in [2.05, 4.69) is 34.8 Å². The lowest BCUT2D eigenvalue weighted by Crippen LogP contribution is -2.36. The molecule has 1 aromatic heterocycles. The average molecular weight is 300 g/mol. The zero-order chi connectivity index (χ0) is 15.8. The summed E-state index contributed by atoms with van der Waals surface area (Å²) in [6.45, 7) is 4.21. The third-order valence-corrected chi connectivity index (χ3v) is 3.30. The third-order valence-electron chi connectivity index (χ3n) is 3.30. The Balaban J connectivity index is 1.99. The number of guanidine groups is 1. The Morgan fingerprint density at radius 1 is 1.23 bits per heavy atom. The Labute approximate surface area is 132 Å². The summed E-state index contributed by atoms with van der Waals surface area (Å²) in [6.07, 6.45) is 4.10. The fourth-order valence-corrected chi connectivity index (χ4v) is 2.19. The van der Waals surface area contributed by atoms with Crippen molar-refractivity contribution in [1.82, 2.24) is 15.2 Å². The SMILES string of the molecule is CCNC(=NCc1ccn(C)c1)NCc1ccccc1OC. The van der Waals surface area contributed by atoms with E-state index in [1.165, 1.54) is 5.56 Å². The van der Waals surface area contributed by atoms with E-state index in [1.807, 2.05) is 42.1 Å². The molecule has 0 bridgehead atoms. The van der Waals surface area contributed by atoms with Crippen LogP contribution >= 0.6 is 0 Å². The lowest BCUT2D eigenvalue weighted by molar-refractivity contribution is 0.409. The van der Waals surface area contributed by atoms with Gasteiger partial charge >= 0.3 is 0 Å². The standard InChI is InChI=1S/C17H24N4O/c1-4-18-17(19-11-14-9-10-21(2)13-14)20-12-15-7-5-6-8-16(15)22-3/h5-10,13H,4,11-12H2,1-3H3,(H2,18,19,20). The molecule has 5 heteroatoms. The Morgan fingerprint density at radius 3 is 2.73 bits per heavy atom. The van der Waals surface area contributed by atoms with Crippen molar-refractivity contribution in [2.75, 3.05) is 13.7 Å². The molecular formula is C17H24N4O. The molecule has 0 saturated heterocycles. The van der Waals surface area contributed by atoms with Gasteiger partial charge in [0.15, 0.2) is 5.96 Å². The maximum Gasteiger partial charge on any atom is 0.191 e. The van der Waals surface area contributed by atoms with Crippen molar-refractivity contribution in [2.45, 2.75) is 20.0 Å². The highest BCUT2D eigenvalue weighted by atomic mass is 16.5. The average Bonchev–Trinajstić information content (AvgIpc) is 2.96. The number of para-hydroxylation sites is 1. The lowest BCUT2D eigenvalue weighted by atomic mass is 10.2. The fourth-order valence-electron chi connectivity index (χ4n) is 2.19. The number of hydrogen-bond acceptors (Lipinski definition) is 2. The van der Waals surface area contributed by atoms with Crippen molar-refractivity contribution in [2.24, 2.45) is 12.0 Å². The quantitative estimate of drug-likeness (QED) is 0.636. The second-order valence-electron chi connectivity index (χ2n) is 5.05. The van der Waals surface area contributed by atoms with Crippen molar-refractivity contribution in [3.05, 3.63) is 53.9 Å². The van der Waals surface area contributed by atoms with E-state index in [0.29, 0.717) is 13.1 Å². The molecule has 22 heavy (non-hydrogen) atoms. The van der Waals surface area contributed by atoms with Crippen LogP contribution in [-0.2, 0) is 20.1 Å². The number of aryl methyl sites for hydroxylation is 1. The Bertz CT molecular complexity index is 619. The Morgan fingerprint density at radius 2 is 2.05 bits per heavy atom. The summed E-state index contributed by atoms with van der Waals surface area (Å²) in [4.78, 5) is 4.61. The molecule has 0 atom stereocenters. The number of aromatic nitrogens is 1. The summed E-state index contributed by atoms with van der Waals surface area (Å²) in [5.74, 6) is 1.69. The first-order chi connectivity index (χ1) is 10.7. The molecule has 118 valence electrons. The largest absolute Gasteiger partial charge is 0.496 e. The number of nitrogens with one attached hydrogen (secondary N) is 2. The molecule has 0 unspecified atom stereocenters. The number of hydrogen-bond donors (Lipinski definition) is 2. The van der Waals surface area contributed by atoms with E-state index in [0.717, 1.165) is 23.8 Å². The predicted octanol–water partition coefficient (Wildman–Crippen LogP) is 2.29. The van der Waals surface area contributed by atoms with Crippen LogP contribution in [0.15, 0.2) is 47.7 Å². The first-order valence-electron chi connectivity index (χ1n) is 7.48. The number of benzene rings is 1. The number of aliphatic imine (C=N–C) groups is 1. The molecule has 5 nitrogen and oxygen atoms in total. The normalized spacial score (nSPS) is 11.3. The van der Waals surface area contributed by atoms with Gasteiger partial charge in [-0.1, -0.05) is 18.2 Å². The van der Waals surface area contributed by atoms with E-state index >= 15 is 0 Å². The van der Waals surface area contributed by atoms with E-state index in [9.17, 15) is 0 Å². The first-order valence-corrected chi connectivity index (χ1v) is 7.48. The van der Waals surface area contributed by atoms with E-state index in [1.54, 1.807) is 7.11 Å². The van der Waals surface area contributed by atoms with Crippen LogP contribution in [0.25, 0.3) is 0 Å². The minimum Gasteiger partial charge on any atom is -0.496 e. The molecule has 0 aliphatic heterocycles. The van der Waals surface area contributed by atoms with Crippen LogP contribution in [0, 0.1) is 0 Å². The van der Waals surface area contributed by atoms with Crippen molar-refractivity contribution in [3.63, 3.8) is 0 Å². The maximum absolute atomic E-state index is 5.37. The van der Waals surface area contributed by atoms with Gasteiger partial charge in [0.05, 0.1) is 13.7 Å². The van der Waals surface area contributed by atoms with E-state index in [4.69, 9.17) is 4.74 Å². The zero-order valence-corrected chi connectivity index (χ0v) is 13.5. The number of ether oxygens (including phenoxy) is 1. The summed E-state index contributed by atoms with van der Waals surface area (Å²) in [6, 6.07) is 10.1. The summed E-state index contributed by atoms with van der Waals surface area (Å²) in [7, 11) is 3.70. The third kappa shape index (κ3) is 4.55. The van der Waals surface area contributed by atoms with Gasteiger partial charge in [0, 0.05) is 38.1 Å². The topological polar surface area (TPSA) is 50.6 Å². The van der Waals surface area contributed by atoms with Crippen molar-refractivity contribution < 1.29 is 4.74 Å². The Kier molecular flexibility index (Phi) is 5.89. The fraction of sp³-hybridized carbons (Fsp3) is 0.353. The molecule has 0 fully saturated rings. The number of methoxy groups -OCH3 is 1. The molecule has 2 rings (SSSR count). The molecular weight excluding hydrogens is 276 g/mol. The maximum atomic E-state index is 5.37. The second-order valence-corrected chi connectivity index (χ2v) is 5.05. The van der Waals surface area contributed by atoms with Crippen LogP contribution in [0.5, 0.6) is 5.75 Å². The van der Waals surface area contributed by atoms with Crippen LogP contribution < -0.4 is 15.4 Å². The molecule has 0 aliphatic rings. The van der Waals surface area contributed by atoms with Gasteiger partial charge in [-0.05, 0) is 24.6 Å². The van der Waals surface area contributed by atoms with Gasteiger partial charge in [0.25, 0.3) is 0 Å². The van der Waals surface area contributed by atoms with Gasteiger partial charge in [-0.15, -0.1) is 0 Å². The summed E-state index contributed by atoms with van der Waals surface area (Å²) in [5, 5.41) is 6.60. The molecule has 0 amide bonds. The van der Waals surface area contributed by atoms with Gasteiger partial charge in [0.2, 0.25) is 0 Å². The van der Waals surface area contributed by atoms with Crippen LogP contribution in [0.2, 0.25) is 0 Å². The molecule has 2 N–H and O–H groups in total. The zero-order valence-electron chi connectivity index (χ0n) is 13.5. The van der Waals surface area contributed by atoms with Crippen molar-refractivity contribution in [3.8, 4) is 5.75 Å². The van der Waals surface area contributed by atoms with Crippen LogP contribution in [0.1, 0.15) is 18.1 Å². The van der Waals surface area contributed by atoms with Gasteiger partial charge in [-0.25, -0.2) is 4.99 Å². The molecule has 0 spiro atoms. The molecule has 0 radical (unpaired) electrons. The minimum absolute atomic E-state index is 0.655. The van der Waals surface area contributed by atoms with Gasteiger partial charge < -0.3 is 19.9 Å². The van der Waals surface area contributed by atoms with Crippen molar-refractivity contribution in [1.29, 1.82) is 0 Å². The molecule has 0 aliphatic carbocycles. The molecule has 1 heterocycles. The molecule has 0 saturated carbocycles. The highest BCUT2D eigenvalue weighted by Crippen LogP contribution is 2.16. The molecule has 2 aromatic rings. The van der Waals surface area contributed by atoms with Gasteiger partial charge in [-0.2, -0.15) is 0 Å². The summed E-state index contributed by atoms with van der Waals surface area (Å²) in [5.41, 5.74) is 2.30. The lowest BCUT2D eigenvalue weighted by Gasteiger charge is -2.13. The smallest absolute Gasteiger partial charge is 0.191 e. The van der Waals surface area contributed by atoms with E-state index < -0.39 is 0 Å². The summed E-state index contributed by atoms with van der Waals surface area (Å²) >= 11 is 0. The van der Waals surface area contributed by atoms with Crippen LogP contribution in [0.4, 0.5) is 0 Å². The first kappa shape index (κ1) is 15.9. The van der Waals surface area contributed by atoms with E-state index in [-0.39, 0.29) is 0 Å². The highest BCUT2D eigenvalue weighted by Gasteiger charge is 2.03. The van der Waals surface area contributed by atoms with Crippen LogP contribution in [-0.4, -0.2) is 24.2 Å². The predicted molar refractivity (Wildman–Crippen MR) is 90.1 cm³/mol. The number of rotatable bonds is 6. The van der Waals surface area contributed by atoms with Crippen LogP contribution in [0.3, 0.4) is 0 Å². The second kappa shape index (κ2) is 8.12. The highest BCUT2D eigenvalue weighted by molar-refractivity contribution is 5.79. The van der Waals surface area contributed by atoms with Gasteiger partial charge in [-0.3, -0.25) is 0 Å². The van der Waals surface area contributed by atoms with Crippen molar-refractivity contribution >= 4 is 5.96 Å².